The van der Waals surface area contributed by atoms with Crippen LogP contribution in [0.15, 0.2) is 71.8 Å². The molecule has 0 saturated carbocycles. The molecule has 0 bridgehead atoms. The Hall–Kier alpha value is -3.56. The monoisotopic (exact) mass is 425 g/mol. The van der Waals surface area contributed by atoms with Gasteiger partial charge in [-0.05, 0) is 43.3 Å². The van der Waals surface area contributed by atoms with Crippen LogP contribution < -0.4 is 10.5 Å². The highest BCUT2D eigenvalue weighted by Gasteiger charge is 2.17. The first-order valence-corrected chi connectivity index (χ1v) is 10.4. The van der Waals surface area contributed by atoms with E-state index in [1.54, 1.807) is 12.3 Å². The normalized spacial score (nSPS) is 12.6. The maximum atomic E-state index is 12.2. The van der Waals surface area contributed by atoms with Gasteiger partial charge in [-0.1, -0.05) is 24.3 Å². The Balaban J connectivity index is 1.60. The Labute approximate surface area is 173 Å². The third-order valence-corrected chi connectivity index (χ3v) is 5.10. The molecule has 30 heavy (non-hydrogen) atoms. The van der Waals surface area contributed by atoms with Crippen molar-refractivity contribution in [3.8, 4) is 0 Å². The molecule has 0 spiro atoms. The van der Waals surface area contributed by atoms with Crippen LogP contribution in [0.4, 0.5) is 5.69 Å². The van der Waals surface area contributed by atoms with E-state index in [9.17, 15) is 18.0 Å². The highest BCUT2D eigenvalue weighted by molar-refractivity contribution is 7.89. The van der Waals surface area contributed by atoms with Gasteiger partial charge in [0, 0.05) is 28.9 Å². The molecule has 0 aliphatic carbocycles. The zero-order valence-corrected chi connectivity index (χ0v) is 16.8. The number of pyridine rings is 1. The molecular weight excluding hydrogens is 406 g/mol. The lowest BCUT2D eigenvalue weighted by molar-refractivity contribution is -0.148. The number of nitrogens with zero attached hydrogens (tertiary/aromatic N) is 1. The summed E-state index contributed by atoms with van der Waals surface area (Å²) in [6, 6.07) is 14.6. The third-order valence-electron chi connectivity index (χ3n) is 4.18. The number of fused-ring (bicyclic) bond motifs is 1. The number of hydrogen-bond acceptors (Lipinski definition) is 6. The molecule has 8 nitrogen and oxygen atoms in total. The van der Waals surface area contributed by atoms with Gasteiger partial charge in [0.15, 0.2) is 6.10 Å². The molecule has 0 aliphatic heterocycles. The smallest absolute Gasteiger partial charge is 0.331 e. The fraction of sp³-hybridized carbons (Fsp3) is 0.0952. The second-order valence-corrected chi connectivity index (χ2v) is 7.95. The van der Waals surface area contributed by atoms with Crippen molar-refractivity contribution in [3.05, 3.63) is 72.4 Å². The number of hydrogen-bond donors (Lipinski definition) is 2. The van der Waals surface area contributed by atoms with Crippen molar-refractivity contribution < 1.29 is 22.7 Å². The summed E-state index contributed by atoms with van der Waals surface area (Å²) in [7, 11) is -3.82. The van der Waals surface area contributed by atoms with Gasteiger partial charge in [0.1, 0.15) is 0 Å². The number of nitrogens with one attached hydrogen (secondary N) is 1. The van der Waals surface area contributed by atoms with Crippen molar-refractivity contribution in [3.63, 3.8) is 0 Å². The molecule has 0 fully saturated rings. The van der Waals surface area contributed by atoms with Crippen molar-refractivity contribution in [2.24, 2.45) is 5.14 Å². The van der Waals surface area contributed by atoms with Gasteiger partial charge in [-0.15, -0.1) is 0 Å². The lowest BCUT2D eigenvalue weighted by Crippen LogP contribution is -2.29. The average molecular weight is 425 g/mol. The van der Waals surface area contributed by atoms with E-state index in [1.807, 2.05) is 30.3 Å². The van der Waals surface area contributed by atoms with Gasteiger partial charge in [0.25, 0.3) is 5.91 Å². The molecule has 0 saturated heterocycles. The third kappa shape index (κ3) is 5.28. The van der Waals surface area contributed by atoms with Gasteiger partial charge in [-0.3, -0.25) is 9.78 Å². The molecule has 9 heteroatoms. The summed E-state index contributed by atoms with van der Waals surface area (Å²) in [6.07, 6.45) is 3.41. The summed E-state index contributed by atoms with van der Waals surface area (Å²) >= 11 is 0. The van der Waals surface area contributed by atoms with E-state index in [1.165, 1.54) is 37.3 Å². The SMILES string of the molecule is CC(OC(=O)/C=C/c1cccc2cccnc12)C(=O)Nc1ccc(S(N)(=O)=O)cc1. The molecule has 154 valence electrons. The standard InChI is InChI=1S/C21H19N3O5S/c1-14(21(26)24-17-8-10-18(11-9-17)30(22,27)28)29-19(25)12-7-16-5-2-4-15-6-3-13-23-20(15)16/h2-14H,1H3,(H,24,26)(H2,22,27,28)/b12-7+. The summed E-state index contributed by atoms with van der Waals surface area (Å²) in [6.45, 7) is 1.43. The van der Waals surface area contributed by atoms with E-state index in [0.717, 1.165) is 16.5 Å². The quantitative estimate of drug-likeness (QED) is 0.461. The number of anilines is 1. The van der Waals surface area contributed by atoms with E-state index in [4.69, 9.17) is 9.88 Å². The highest BCUT2D eigenvalue weighted by Crippen LogP contribution is 2.17. The summed E-state index contributed by atoms with van der Waals surface area (Å²) < 4.78 is 27.6. The number of esters is 1. The minimum Gasteiger partial charge on any atom is -0.449 e. The second-order valence-electron chi connectivity index (χ2n) is 6.39. The fourth-order valence-corrected chi connectivity index (χ4v) is 3.17. The number of benzene rings is 2. The van der Waals surface area contributed by atoms with E-state index >= 15 is 0 Å². The van der Waals surface area contributed by atoms with Crippen LogP contribution in [-0.4, -0.2) is 31.4 Å². The fourth-order valence-electron chi connectivity index (χ4n) is 2.66. The van der Waals surface area contributed by atoms with Crippen molar-refractivity contribution >= 4 is 44.6 Å². The van der Waals surface area contributed by atoms with Crippen LogP contribution in [0.25, 0.3) is 17.0 Å². The number of aromatic nitrogens is 1. The predicted molar refractivity (Wildman–Crippen MR) is 113 cm³/mol. The Kier molecular flexibility index (Phi) is 6.24. The van der Waals surface area contributed by atoms with E-state index in [-0.39, 0.29) is 4.90 Å². The number of ether oxygens (including phenoxy) is 1. The van der Waals surface area contributed by atoms with Gasteiger partial charge in [0.05, 0.1) is 10.4 Å². The minimum atomic E-state index is -3.82. The Bertz CT molecular complexity index is 1220. The van der Waals surface area contributed by atoms with E-state index in [0.29, 0.717) is 5.69 Å². The van der Waals surface area contributed by atoms with Crippen LogP contribution in [0.2, 0.25) is 0 Å². The molecule has 3 aromatic rings. The number of nitrogens with two attached hydrogens (primary N) is 1. The molecular formula is C21H19N3O5S. The molecule has 2 aromatic carbocycles. The maximum Gasteiger partial charge on any atom is 0.331 e. The first-order chi connectivity index (χ1) is 14.2. The first kappa shape index (κ1) is 21.2. The van der Waals surface area contributed by atoms with Crippen LogP contribution in [0.3, 0.4) is 0 Å². The van der Waals surface area contributed by atoms with Crippen molar-refractivity contribution in [2.45, 2.75) is 17.9 Å². The lowest BCUT2D eigenvalue weighted by atomic mass is 10.1. The molecule has 1 unspecified atom stereocenters. The predicted octanol–water partition coefficient (Wildman–Crippen LogP) is 2.47. The van der Waals surface area contributed by atoms with E-state index < -0.39 is 28.0 Å². The van der Waals surface area contributed by atoms with Gasteiger partial charge >= 0.3 is 5.97 Å². The molecule has 3 rings (SSSR count). The van der Waals surface area contributed by atoms with Crippen LogP contribution in [0, 0.1) is 0 Å². The van der Waals surface area contributed by atoms with Crippen molar-refractivity contribution in [2.75, 3.05) is 5.32 Å². The molecule has 1 atom stereocenters. The molecule has 0 radical (unpaired) electrons. The molecule has 3 N–H and O–H groups in total. The van der Waals surface area contributed by atoms with Crippen LogP contribution in [-0.2, 0) is 24.3 Å². The topological polar surface area (TPSA) is 128 Å². The summed E-state index contributed by atoms with van der Waals surface area (Å²) in [5.74, 6) is -1.25. The molecule has 0 aliphatic rings. The number of primary sulfonamides is 1. The van der Waals surface area contributed by atoms with Crippen LogP contribution >= 0.6 is 0 Å². The van der Waals surface area contributed by atoms with Crippen molar-refractivity contribution in [1.82, 2.24) is 4.98 Å². The zero-order chi connectivity index (χ0) is 21.7. The van der Waals surface area contributed by atoms with Crippen LogP contribution in [0.1, 0.15) is 12.5 Å². The molecule has 1 aromatic heterocycles. The lowest BCUT2D eigenvalue weighted by Gasteiger charge is -2.12. The van der Waals surface area contributed by atoms with Gasteiger partial charge in [-0.2, -0.15) is 0 Å². The largest absolute Gasteiger partial charge is 0.449 e. The van der Waals surface area contributed by atoms with Gasteiger partial charge in [0.2, 0.25) is 10.0 Å². The van der Waals surface area contributed by atoms with Crippen molar-refractivity contribution in [1.29, 1.82) is 0 Å². The summed E-state index contributed by atoms with van der Waals surface area (Å²) in [5, 5.41) is 8.51. The van der Waals surface area contributed by atoms with Crippen LogP contribution in [0.5, 0.6) is 0 Å². The van der Waals surface area contributed by atoms with Gasteiger partial charge in [-0.25, -0.2) is 18.4 Å². The number of amides is 1. The Morgan fingerprint density at radius 2 is 1.80 bits per heavy atom. The number of carbonyl (C=O) groups excluding carboxylic acids is 2. The Morgan fingerprint density at radius 1 is 1.10 bits per heavy atom. The summed E-state index contributed by atoms with van der Waals surface area (Å²) in [4.78, 5) is 28.5. The Morgan fingerprint density at radius 3 is 2.50 bits per heavy atom. The van der Waals surface area contributed by atoms with Gasteiger partial charge < -0.3 is 10.1 Å². The summed E-state index contributed by atoms with van der Waals surface area (Å²) in [5.41, 5.74) is 1.84. The average Bonchev–Trinajstić information content (AvgIpc) is 2.72. The number of rotatable bonds is 6. The van der Waals surface area contributed by atoms with E-state index in [2.05, 4.69) is 10.3 Å². The first-order valence-electron chi connectivity index (χ1n) is 8.90. The highest BCUT2D eigenvalue weighted by atomic mass is 32.2. The number of sulfonamides is 1. The molecule has 1 heterocycles. The second kappa shape index (κ2) is 8.85. The molecule has 1 amide bonds. The number of para-hydroxylation sites is 1. The zero-order valence-electron chi connectivity index (χ0n) is 16.0. The minimum absolute atomic E-state index is 0.0759. The maximum absolute atomic E-state index is 12.2. The number of carbonyl (C=O) groups is 2.